The monoisotopic (exact) mass is 282 g/mol. The molecule has 0 aliphatic carbocycles. The summed E-state index contributed by atoms with van der Waals surface area (Å²) in [6, 6.07) is 19.8. The quantitative estimate of drug-likeness (QED) is 0.766. The predicted octanol–water partition coefficient (Wildman–Crippen LogP) is 2.54. The highest BCUT2D eigenvalue weighted by Crippen LogP contribution is 2.24. The van der Waals surface area contributed by atoms with E-state index in [0.29, 0.717) is 6.54 Å². The molecule has 0 aliphatic heterocycles. The van der Waals surface area contributed by atoms with Gasteiger partial charge in [-0.2, -0.15) is 0 Å². The van der Waals surface area contributed by atoms with Crippen LogP contribution in [0.5, 0.6) is 0 Å². The van der Waals surface area contributed by atoms with Gasteiger partial charge in [-0.15, -0.1) is 0 Å². The van der Waals surface area contributed by atoms with Crippen molar-refractivity contribution in [3.05, 3.63) is 71.8 Å². The molecule has 0 heterocycles. The molecule has 0 bridgehead atoms. The molecular weight excluding hydrogens is 260 g/mol. The first-order chi connectivity index (χ1) is 10.3. The smallest absolute Gasteiger partial charge is 0.232 e. The third-order valence-electron chi connectivity index (χ3n) is 3.43. The Balaban J connectivity index is 2.15. The van der Waals surface area contributed by atoms with Crippen LogP contribution in [0.25, 0.3) is 0 Å². The van der Waals surface area contributed by atoms with Crippen molar-refractivity contribution in [2.24, 2.45) is 0 Å². The van der Waals surface area contributed by atoms with E-state index >= 15 is 0 Å². The van der Waals surface area contributed by atoms with Gasteiger partial charge in [-0.05, 0) is 31.1 Å². The molecule has 0 unspecified atom stereocenters. The van der Waals surface area contributed by atoms with Crippen LogP contribution in [-0.4, -0.2) is 26.0 Å². The van der Waals surface area contributed by atoms with Crippen LogP contribution in [0.3, 0.4) is 0 Å². The Morgan fingerprint density at radius 3 is 1.90 bits per heavy atom. The van der Waals surface area contributed by atoms with Crippen molar-refractivity contribution in [2.45, 2.75) is 12.3 Å². The molecule has 0 saturated carbocycles. The van der Waals surface area contributed by atoms with Gasteiger partial charge in [-0.25, -0.2) is 0 Å². The van der Waals surface area contributed by atoms with Crippen molar-refractivity contribution < 1.29 is 4.79 Å². The summed E-state index contributed by atoms with van der Waals surface area (Å²) in [5.41, 5.74) is 2.05. The van der Waals surface area contributed by atoms with Crippen molar-refractivity contribution in [1.82, 2.24) is 10.6 Å². The number of carbonyl (C=O) groups is 1. The Hall–Kier alpha value is -2.13. The number of amides is 1. The highest BCUT2D eigenvalue weighted by molar-refractivity contribution is 5.87. The van der Waals surface area contributed by atoms with Gasteiger partial charge in [-0.3, -0.25) is 4.79 Å². The summed E-state index contributed by atoms with van der Waals surface area (Å²) in [5.74, 6) is -0.189. The molecule has 0 atom stereocenters. The second-order valence-electron chi connectivity index (χ2n) is 5.00. The molecular formula is C18H22N2O. The fraction of sp³-hybridized carbons (Fsp3) is 0.278. The van der Waals surface area contributed by atoms with E-state index in [9.17, 15) is 4.79 Å². The fourth-order valence-electron chi connectivity index (χ4n) is 2.36. The van der Waals surface area contributed by atoms with Crippen LogP contribution in [0, 0.1) is 0 Å². The summed E-state index contributed by atoms with van der Waals surface area (Å²) in [5, 5.41) is 6.12. The minimum absolute atomic E-state index is 0.0588. The van der Waals surface area contributed by atoms with Crippen molar-refractivity contribution in [2.75, 3.05) is 20.1 Å². The van der Waals surface area contributed by atoms with Crippen LogP contribution in [0.2, 0.25) is 0 Å². The molecule has 0 radical (unpaired) electrons. The van der Waals surface area contributed by atoms with E-state index in [0.717, 1.165) is 24.1 Å². The fourth-order valence-corrected chi connectivity index (χ4v) is 2.36. The van der Waals surface area contributed by atoms with Gasteiger partial charge in [0.05, 0.1) is 5.92 Å². The maximum atomic E-state index is 12.6. The Kier molecular flexibility index (Phi) is 5.98. The van der Waals surface area contributed by atoms with Gasteiger partial charge in [0, 0.05) is 6.54 Å². The molecule has 2 aromatic rings. The van der Waals surface area contributed by atoms with Crippen molar-refractivity contribution in [3.63, 3.8) is 0 Å². The number of hydrogen-bond acceptors (Lipinski definition) is 2. The SMILES string of the molecule is CNCCCNC(=O)C(c1ccccc1)c1ccccc1. The van der Waals surface area contributed by atoms with Gasteiger partial charge >= 0.3 is 0 Å². The van der Waals surface area contributed by atoms with Crippen LogP contribution in [0.4, 0.5) is 0 Å². The maximum absolute atomic E-state index is 12.6. The number of benzene rings is 2. The zero-order valence-corrected chi connectivity index (χ0v) is 12.4. The highest BCUT2D eigenvalue weighted by atomic mass is 16.1. The largest absolute Gasteiger partial charge is 0.355 e. The number of hydrogen-bond donors (Lipinski definition) is 2. The van der Waals surface area contributed by atoms with Crippen LogP contribution in [0.1, 0.15) is 23.5 Å². The van der Waals surface area contributed by atoms with Crippen molar-refractivity contribution in [1.29, 1.82) is 0 Å². The first kappa shape index (κ1) is 15.3. The van der Waals surface area contributed by atoms with Gasteiger partial charge in [0.1, 0.15) is 0 Å². The van der Waals surface area contributed by atoms with Gasteiger partial charge < -0.3 is 10.6 Å². The molecule has 110 valence electrons. The lowest BCUT2D eigenvalue weighted by Crippen LogP contribution is -2.32. The molecule has 21 heavy (non-hydrogen) atoms. The molecule has 0 fully saturated rings. The second kappa shape index (κ2) is 8.22. The van der Waals surface area contributed by atoms with Gasteiger partial charge in [-0.1, -0.05) is 60.7 Å². The van der Waals surface area contributed by atoms with E-state index in [1.807, 2.05) is 67.7 Å². The Morgan fingerprint density at radius 1 is 0.905 bits per heavy atom. The summed E-state index contributed by atoms with van der Waals surface area (Å²) in [4.78, 5) is 12.6. The standard InChI is InChI=1S/C18H22N2O/c1-19-13-8-14-20-18(21)17(15-9-4-2-5-10-15)16-11-6-3-7-12-16/h2-7,9-12,17,19H,8,13-14H2,1H3,(H,20,21). The van der Waals surface area contributed by atoms with E-state index in [1.54, 1.807) is 0 Å². The Morgan fingerprint density at radius 2 is 1.43 bits per heavy atom. The average Bonchev–Trinajstić information content (AvgIpc) is 2.54. The summed E-state index contributed by atoms with van der Waals surface area (Å²) < 4.78 is 0. The van der Waals surface area contributed by atoms with E-state index in [-0.39, 0.29) is 11.8 Å². The van der Waals surface area contributed by atoms with Gasteiger partial charge in [0.2, 0.25) is 5.91 Å². The van der Waals surface area contributed by atoms with Crippen molar-refractivity contribution >= 4 is 5.91 Å². The summed E-state index contributed by atoms with van der Waals surface area (Å²) in [6.45, 7) is 1.59. The minimum Gasteiger partial charge on any atom is -0.355 e. The van der Waals surface area contributed by atoms with Crippen LogP contribution in [-0.2, 0) is 4.79 Å². The second-order valence-corrected chi connectivity index (χ2v) is 5.00. The molecule has 0 aliphatic rings. The first-order valence-corrected chi connectivity index (χ1v) is 7.35. The lowest BCUT2D eigenvalue weighted by atomic mass is 9.90. The predicted molar refractivity (Wildman–Crippen MR) is 86.3 cm³/mol. The number of carbonyl (C=O) groups excluding carboxylic acids is 1. The number of nitrogens with one attached hydrogen (secondary N) is 2. The van der Waals surface area contributed by atoms with E-state index < -0.39 is 0 Å². The molecule has 0 saturated heterocycles. The Labute approximate surface area is 126 Å². The summed E-state index contributed by atoms with van der Waals surface area (Å²) in [7, 11) is 1.92. The zero-order chi connectivity index (χ0) is 14.9. The van der Waals surface area contributed by atoms with Crippen LogP contribution < -0.4 is 10.6 Å². The molecule has 3 heteroatoms. The van der Waals surface area contributed by atoms with Crippen molar-refractivity contribution in [3.8, 4) is 0 Å². The molecule has 0 aromatic heterocycles. The molecule has 2 rings (SSSR count). The molecule has 3 nitrogen and oxygen atoms in total. The average molecular weight is 282 g/mol. The topological polar surface area (TPSA) is 41.1 Å². The van der Waals surface area contributed by atoms with Crippen LogP contribution in [0.15, 0.2) is 60.7 Å². The molecule has 2 aromatic carbocycles. The summed E-state index contributed by atoms with van der Waals surface area (Å²) in [6.07, 6.45) is 0.929. The molecule has 0 spiro atoms. The Bertz CT molecular complexity index is 500. The van der Waals surface area contributed by atoms with Gasteiger partial charge in [0.25, 0.3) is 0 Å². The minimum atomic E-state index is -0.248. The molecule has 1 amide bonds. The summed E-state index contributed by atoms with van der Waals surface area (Å²) >= 11 is 0. The normalized spacial score (nSPS) is 10.6. The van der Waals surface area contributed by atoms with Gasteiger partial charge in [0.15, 0.2) is 0 Å². The third kappa shape index (κ3) is 4.43. The van der Waals surface area contributed by atoms with Crippen LogP contribution >= 0.6 is 0 Å². The van der Waals surface area contributed by atoms with E-state index in [4.69, 9.17) is 0 Å². The van der Waals surface area contributed by atoms with E-state index in [1.165, 1.54) is 0 Å². The lowest BCUT2D eigenvalue weighted by Gasteiger charge is -2.18. The lowest BCUT2D eigenvalue weighted by molar-refractivity contribution is -0.121. The molecule has 2 N–H and O–H groups in total. The third-order valence-corrected chi connectivity index (χ3v) is 3.43. The highest BCUT2D eigenvalue weighted by Gasteiger charge is 2.21. The maximum Gasteiger partial charge on any atom is 0.232 e. The zero-order valence-electron chi connectivity index (χ0n) is 12.4. The van der Waals surface area contributed by atoms with E-state index in [2.05, 4.69) is 10.6 Å². The first-order valence-electron chi connectivity index (χ1n) is 7.35. The number of rotatable bonds is 7.